The van der Waals surface area contributed by atoms with Crippen LogP contribution in [-0.2, 0) is 13.7 Å². The first-order valence-electron chi connectivity index (χ1n) is 4.66. The van der Waals surface area contributed by atoms with E-state index in [9.17, 15) is 4.79 Å². The van der Waals surface area contributed by atoms with Gasteiger partial charge in [0, 0.05) is 7.05 Å². The molecule has 0 saturated heterocycles. The maximum atomic E-state index is 11.4. The first-order valence-corrected chi connectivity index (χ1v) is 6.55. The smallest absolute Gasteiger partial charge is 0.265 e. The fourth-order valence-corrected chi connectivity index (χ4v) is 2.64. The predicted molar refractivity (Wildman–Crippen MR) is 70.8 cm³/mol. The molecular formula is C9H9IN4O2S. The third kappa shape index (κ3) is 2.53. The van der Waals surface area contributed by atoms with Gasteiger partial charge in [0.05, 0.1) is 24.8 Å². The standard InChI is InChI=1S/C9H9IN4O2S/c1-14-5(3-15)2-11-9(14)17-8-6(10)7(16)12-4-13-8/h2,4,15H,3H2,1H3,(H,12,13,16). The number of aromatic nitrogens is 4. The highest BCUT2D eigenvalue weighted by Gasteiger charge is 2.12. The molecule has 6 nitrogen and oxygen atoms in total. The summed E-state index contributed by atoms with van der Waals surface area (Å²) in [5.41, 5.74) is 0.548. The van der Waals surface area contributed by atoms with E-state index in [0.29, 0.717) is 19.4 Å². The minimum Gasteiger partial charge on any atom is -0.390 e. The van der Waals surface area contributed by atoms with E-state index < -0.39 is 0 Å². The van der Waals surface area contributed by atoms with Crippen LogP contribution in [0, 0.1) is 3.57 Å². The van der Waals surface area contributed by atoms with Crippen LogP contribution in [0.5, 0.6) is 0 Å². The number of nitrogens with zero attached hydrogens (tertiary/aromatic N) is 3. The lowest BCUT2D eigenvalue weighted by molar-refractivity contribution is 0.271. The molecule has 90 valence electrons. The third-order valence-corrected chi connectivity index (χ3v) is 4.59. The van der Waals surface area contributed by atoms with Gasteiger partial charge in [-0.3, -0.25) is 4.79 Å². The van der Waals surface area contributed by atoms with Crippen molar-refractivity contribution >= 4 is 34.4 Å². The second kappa shape index (κ2) is 5.19. The van der Waals surface area contributed by atoms with E-state index >= 15 is 0 Å². The predicted octanol–water partition coefficient (Wildman–Crippen LogP) is 0.751. The number of hydrogen-bond donors (Lipinski definition) is 2. The molecule has 0 bridgehead atoms. The fraction of sp³-hybridized carbons (Fsp3) is 0.222. The molecule has 0 aliphatic rings. The highest BCUT2D eigenvalue weighted by atomic mass is 127. The molecule has 0 saturated carbocycles. The lowest BCUT2D eigenvalue weighted by Crippen LogP contribution is -2.11. The van der Waals surface area contributed by atoms with Crippen molar-refractivity contribution in [1.82, 2.24) is 19.5 Å². The number of imidazole rings is 1. The summed E-state index contributed by atoms with van der Waals surface area (Å²) >= 11 is 3.24. The number of aliphatic hydroxyl groups is 1. The van der Waals surface area contributed by atoms with E-state index in [1.807, 2.05) is 22.6 Å². The zero-order valence-corrected chi connectivity index (χ0v) is 11.8. The molecule has 2 heterocycles. The summed E-state index contributed by atoms with van der Waals surface area (Å²) in [6.45, 7) is -0.0655. The molecule has 0 aromatic carbocycles. The largest absolute Gasteiger partial charge is 0.390 e. The summed E-state index contributed by atoms with van der Waals surface area (Å²) in [6, 6.07) is 0. The van der Waals surface area contributed by atoms with Crippen LogP contribution < -0.4 is 5.56 Å². The Labute approximate surface area is 115 Å². The summed E-state index contributed by atoms with van der Waals surface area (Å²) in [4.78, 5) is 22.2. The zero-order valence-electron chi connectivity index (χ0n) is 8.85. The van der Waals surface area contributed by atoms with E-state index in [1.54, 1.807) is 17.8 Å². The number of aromatic amines is 1. The summed E-state index contributed by atoms with van der Waals surface area (Å²) in [5.74, 6) is 0. The molecule has 2 N–H and O–H groups in total. The number of halogens is 1. The van der Waals surface area contributed by atoms with Crippen molar-refractivity contribution in [3.05, 3.63) is 32.1 Å². The van der Waals surface area contributed by atoms with Gasteiger partial charge in [-0.1, -0.05) is 0 Å². The molecule has 0 aliphatic heterocycles. The fourth-order valence-electron chi connectivity index (χ4n) is 1.19. The molecule has 0 unspecified atom stereocenters. The van der Waals surface area contributed by atoms with Gasteiger partial charge >= 0.3 is 0 Å². The Hall–Kier alpha value is -0.870. The van der Waals surface area contributed by atoms with Crippen molar-refractivity contribution in [2.75, 3.05) is 0 Å². The molecule has 17 heavy (non-hydrogen) atoms. The van der Waals surface area contributed by atoms with Crippen LogP contribution in [0.4, 0.5) is 0 Å². The van der Waals surface area contributed by atoms with E-state index in [1.165, 1.54) is 18.1 Å². The Balaban J connectivity index is 2.35. The third-order valence-electron chi connectivity index (χ3n) is 2.16. The van der Waals surface area contributed by atoms with Gasteiger partial charge in [-0.05, 0) is 34.4 Å². The molecule has 0 atom stereocenters. The lowest BCUT2D eigenvalue weighted by Gasteiger charge is -2.03. The highest BCUT2D eigenvalue weighted by molar-refractivity contribution is 14.1. The van der Waals surface area contributed by atoms with Crippen molar-refractivity contribution < 1.29 is 5.11 Å². The van der Waals surface area contributed by atoms with Crippen molar-refractivity contribution in [2.45, 2.75) is 16.8 Å². The Bertz CT molecular complexity index is 595. The number of nitrogens with one attached hydrogen (secondary N) is 1. The second-order valence-corrected chi connectivity index (χ2v) is 5.24. The average Bonchev–Trinajstić information content (AvgIpc) is 2.66. The van der Waals surface area contributed by atoms with Gasteiger partial charge in [0.1, 0.15) is 8.60 Å². The lowest BCUT2D eigenvalue weighted by atomic mass is 10.5. The van der Waals surface area contributed by atoms with Gasteiger partial charge in [-0.2, -0.15) is 0 Å². The van der Waals surface area contributed by atoms with Crippen molar-refractivity contribution in [2.24, 2.45) is 7.05 Å². The quantitative estimate of drug-likeness (QED) is 0.621. The summed E-state index contributed by atoms with van der Waals surface area (Å²) in [6.07, 6.45) is 2.96. The first-order chi connectivity index (χ1) is 8.13. The molecule has 0 radical (unpaired) electrons. The molecule has 0 aliphatic carbocycles. The van der Waals surface area contributed by atoms with Crippen molar-refractivity contribution in [3.63, 3.8) is 0 Å². The Kier molecular flexibility index (Phi) is 3.84. The Morgan fingerprint density at radius 3 is 3.00 bits per heavy atom. The monoisotopic (exact) mass is 364 g/mol. The molecule has 0 fully saturated rings. The number of H-pyrrole nitrogens is 1. The van der Waals surface area contributed by atoms with Gasteiger partial charge in [-0.15, -0.1) is 0 Å². The normalized spacial score (nSPS) is 10.8. The van der Waals surface area contributed by atoms with E-state index in [0.717, 1.165) is 0 Å². The van der Waals surface area contributed by atoms with E-state index in [2.05, 4.69) is 15.0 Å². The van der Waals surface area contributed by atoms with Crippen LogP contribution in [0.25, 0.3) is 0 Å². The topological polar surface area (TPSA) is 83.8 Å². The molecule has 8 heteroatoms. The molecule has 2 aromatic rings. The van der Waals surface area contributed by atoms with Crippen molar-refractivity contribution in [3.8, 4) is 0 Å². The van der Waals surface area contributed by atoms with Crippen LogP contribution in [0.3, 0.4) is 0 Å². The minimum absolute atomic E-state index is 0.0655. The summed E-state index contributed by atoms with van der Waals surface area (Å²) in [5, 5.41) is 10.3. The maximum absolute atomic E-state index is 11.4. The minimum atomic E-state index is -0.167. The second-order valence-electron chi connectivity index (χ2n) is 3.20. The Morgan fingerprint density at radius 2 is 2.35 bits per heavy atom. The average molecular weight is 364 g/mol. The summed E-state index contributed by atoms with van der Waals surface area (Å²) in [7, 11) is 1.81. The molecule has 2 rings (SSSR count). The highest BCUT2D eigenvalue weighted by Crippen LogP contribution is 2.26. The first kappa shape index (κ1) is 12.6. The van der Waals surface area contributed by atoms with E-state index in [-0.39, 0.29) is 12.2 Å². The number of aliphatic hydroxyl groups excluding tert-OH is 1. The molecule has 2 aromatic heterocycles. The maximum Gasteiger partial charge on any atom is 0.265 e. The van der Waals surface area contributed by atoms with Gasteiger partial charge in [0.2, 0.25) is 0 Å². The van der Waals surface area contributed by atoms with Gasteiger partial charge in [0.25, 0.3) is 5.56 Å². The molecular weight excluding hydrogens is 355 g/mol. The van der Waals surface area contributed by atoms with Crippen molar-refractivity contribution in [1.29, 1.82) is 0 Å². The van der Waals surface area contributed by atoms with Crippen LogP contribution in [0.2, 0.25) is 0 Å². The SMILES string of the molecule is Cn1c(CO)cnc1Sc1nc[nH]c(=O)c1I. The van der Waals surface area contributed by atoms with Gasteiger partial charge < -0.3 is 14.7 Å². The number of rotatable bonds is 3. The van der Waals surface area contributed by atoms with E-state index in [4.69, 9.17) is 5.11 Å². The Morgan fingerprint density at radius 1 is 1.59 bits per heavy atom. The van der Waals surface area contributed by atoms with Crippen LogP contribution in [0.15, 0.2) is 27.5 Å². The summed E-state index contributed by atoms with van der Waals surface area (Å²) < 4.78 is 2.30. The molecule has 0 spiro atoms. The van der Waals surface area contributed by atoms with Crippen LogP contribution in [0.1, 0.15) is 5.69 Å². The molecule has 0 amide bonds. The van der Waals surface area contributed by atoms with Gasteiger partial charge in [-0.25, -0.2) is 9.97 Å². The zero-order chi connectivity index (χ0) is 12.4. The number of hydrogen-bond acceptors (Lipinski definition) is 5. The van der Waals surface area contributed by atoms with Crippen LogP contribution >= 0.6 is 34.4 Å². The van der Waals surface area contributed by atoms with Crippen LogP contribution in [-0.4, -0.2) is 24.6 Å². The van der Waals surface area contributed by atoms with Gasteiger partial charge in [0.15, 0.2) is 5.16 Å².